The van der Waals surface area contributed by atoms with Crippen molar-refractivity contribution < 1.29 is 13.6 Å². The molecule has 132 valence electrons. The average molecular weight is 337 g/mol. The van der Waals surface area contributed by atoms with E-state index in [0.717, 1.165) is 31.8 Å². The molecular formula is C18H25F2N3O. The number of nitrogens with one attached hydrogen (secondary N) is 1. The highest BCUT2D eigenvalue weighted by molar-refractivity contribution is 5.76. The molecule has 24 heavy (non-hydrogen) atoms. The number of rotatable bonds is 5. The van der Waals surface area contributed by atoms with Crippen LogP contribution in [0.15, 0.2) is 18.2 Å². The first-order valence-corrected chi connectivity index (χ1v) is 8.79. The van der Waals surface area contributed by atoms with Crippen molar-refractivity contribution in [3.8, 4) is 0 Å². The smallest absolute Gasteiger partial charge is 0.318 e. The molecule has 0 bridgehead atoms. The molecule has 0 atom stereocenters. The van der Waals surface area contributed by atoms with E-state index in [1.165, 1.54) is 18.9 Å². The van der Waals surface area contributed by atoms with E-state index >= 15 is 0 Å². The molecule has 1 aromatic rings. The number of unbranched alkanes of at least 4 members (excludes halogenated alkanes) is 1. The molecule has 1 aromatic carbocycles. The standard InChI is InChI=1S/C18H25F2N3O/c1-2-3-8-22-9-11-23(12-10-22)17(24)21-18(6-7-18)15-13-14(19)4-5-16(15)20/h4-5,13H,2-3,6-12H2,1H3,(H,21,24). The Hall–Kier alpha value is -1.69. The predicted molar refractivity (Wildman–Crippen MR) is 88.7 cm³/mol. The Bertz CT molecular complexity index is 596. The fourth-order valence-electron chi connectivity index (χ4n) is 3.29. The lowest BCUT2D eigenvalue weighted by atomic mass is 10.0. The van der Waals surface area contributed by atoms with Gasteiger partial charge < -0.3 is 10.2 Å². The van der Waals surface area contributed by atoms with E-state index in [9.17, 15) is 13.6 Å². The number of hydrogen-bond donors (Lipinski definition) is 1. The van der Waals surface area contributed by atoms with Gasteiger partial charge in [-0.25, -0.2) is 13.6 Å². The van der Waals surface area contributed by atoms with E-state index in [1.54, 1.807) is 4.90 Å². The number of amides is 2. The Morgan fingerprint density at radius 1 is 1.21 bits per heavy atom. The maximum atomic E-state index is 14.0. The minimum absolute atomic E-state index is 0.175. The first-order chi connectivity index (χ1) is 11.5. The summed E-state index contributed by atoms with van der Waals surface area (Å²) < 4.78 is 27.5. The van der Waals surface area contributed by atoms with Gasteiger partial charge in [0.2, 0.25) is 0 Å². The Morgan fingerprint density at radius 2 is 1.92 bits per heavy atom. The number of benzene rings is 1. The fourth-order valence-corrected chi connectivity index (χ4v) is 3.29. The maximum absolute atomic E-state index is 14.0. The molecule has 1 heterocycles. The summed E-state index contributed by atoms with van der Waals surface area (Å²) in [5, 5.41) is 2.94. The monoisotopic (exact) mass is 337 g/mol. The van der Waals surface area contributed by atoms with Crippen LogP contribution in [0.2, 0.25) is 0 Å². The van der Waals surface area contributed by atoms with Crippen LogP contribution >= 0.6 is 0 Å². The first-order valence-electron chi connectivity index (χ1n) is 8.79. The lowest BCUT2D eigenvalue weighted by Gasteiger charge is -2.35. The van der Waals surface area contributed by atoms with Crippen LogP contribution in [0, 0.1) is 11.6 Å². The Kier molecular flexibility index (Phi) is 5.04. The fraction of sp³-hybridized carbons (Fsp3) is 0.611. The predicted octanol–water partition coefficient (Wildman–Crippen LogP) is 3.08. The molecule has 1 aliphatic heterocycles. The number of hydrogen-bond acceptors (Lipinski definition) is 2. The van der Waals surface area contributed by atoms with Crippen LogP contribution in [0.4, 0.5) is 13.6 Å². The van der Waals surface area contributed by atoms with Crippen molar-refractivity contribution in [3.05, 3.63) is 35.4 Å². The lowest BCUT2D eigenvalue weighted by molar-refractivity contribution is 0.135. The van der Waals surface area contributed by atoms with Gasteiger partial charge in [-0.15, -0.1) is 0 Å². The second kappa shape index (κ2) is 7.05. The molecule has 3 rings (SSSR count). The van der Waals surface area contributed by atoms with Crippen molar-refractivity contribution in [1.29, 1.82) is 0 Å². The molecule has 2 amide bonds. The highest BCUT2D eigenvalue weighted by Gasteiger charge is 2.48. The third-order valence-corrected chi connectivity index (χ3v) is 5.03. The first kappa shape index (κ1) is 17.1. The minimum Gasteiger partial charge on any atom is -0.328 e. The Balaban J connectivity index is 1.58. The summed E-state index contributed by atoms with van der Waals surface area (Å²) in [4.78, 5) is 16.7. The van der Waals surface area contributed by atoms with Gasteiger partial charge in [0.15, 0.2) is 0 Å². The van der Waals surface area contributed by atoms with E-state index in [1.807, 2.05) is 0 Å². The lowest BCUT2D eigenvalue weighted by Crippen LogP contribution is -2.53. The Morgan fingerprint density at radius 3 is 2.54 bits per heavy atom. The van der Waals surface area contributed by atoms with Crippen LogP contribution in [0.3, 0.4) is 0 Å². The number of nitrogens with zero attached hydrogens (tertiary/aromatic N) is 2. The second-order valence-corrected chi connectivity index (χ2v) is 6.82. The SMILES string of the molecule is CCCCN1CCN(C(=O)NC2(c3cc(F)ccc3F)CC2)CC1. The molecule has 6 heteroatoms. The largest absolute Gasteiger partial charge is 0.328 e. The molecule has 2 aliphatic rings. The van der Waals surface area contributed by atoms with E-state index < -0.39 is 17.2 Å². The van der Waals surface area contributed by atoms with Crippen molar-refractivity contribution >= 4 is 6.03 Å². The zero-order valence-electron chi connectivity index (χ0n) is 14.2. The van der Waals surface area contributed by atoms with Gasteiger partial charge >= 0.3 is 6.03 Å². The van der Waals surface area contributed by atoms with Crippen molar-refractivity contribution in [2.24, 2.45) is 0 Å². The molecule has 4 nitrogen and oxygen atoms in total. The quantitative estimate of drug-likeness (QED) is 0.896. The molecule has 0 unspecified atom stereocenters. The molecule has 0 aromatic heterocycles. The zero-order valence-corrected chi connectivity index (χ0v) is 14.2. The second-order valence-electron chi connectivity index (χ2n) is 6.82. The van der Waals surface area contributed by atoms with Gasteiger partial charge in [-0.3, -0.25) is 4.90 Å². The van der Waals surface area contributed by atoms with Crippen LogP contribution in [-0.2, 0) is 5.54 Å². The Labute approximate surface area is 141 Å². The van der Waals surface area contributed by atoms with E-state index in [4.69, 9.17) is 0 Å². The molecular weight excluding hydrogens is 312 g/mol. The molecule has 1 aliphatic carbocycles. The topological polar surface area (TPSA) is 35.6 Å². The average Bonchev–Trinajstić information content (AvgIpc) is 3.36. The van der Waals surface area contributed by atoms with Gasteiger partial charge in [0.25, 0.3) is 0 Å². The maximum Gasteiger partial charge on any atom is 0.318 e. The van der Waals surface area contributed by atoms with Crippen molar-refractivity contribution in [2.45, 2.75) is 38.1 Å². The van der Waals surface area contributed by atoms with E-state index in [-0.39, 0.29) is 11.6 Å². The number of halogens is 2. The normalized spacial score (nSPS) is 20.0. The molecule has 1 saturated carbocycles. The molecule has 1 saturated heterocycles. The van der Waals surface area contributed by atoms with Crippen LogP contribution in [0.25, 0.3) is 0 Å². The summed E-state index contributed by atoms with van der Waals surface area (Å²) >= 11 is 0. The van der Waals surface area contributed by atoms with Gasteiger partial charge in [-0.1, -0.05) is 13.3 Å². The van der Waals surface area contributed by atoms with Gasteiger partial charge in [-0.2, -0.15) is 0 Å². The van der Waals surface area contributed by atoms with E-state index in [0.29, 0.717) is 25.9 Å². The summed E-state index contributed by atoms with van der Waals surface area (Å²) in [5.74, 6) is -0.935. The molecule has 0 radical (unpaired) electrons. The zero-order chi connectivity index (χ0) is 17.2. The summed E-state index contributed by atoms with van der Waals surface area (Å²) in [5.41, 5.74) is -0.472. The third-order valence-electron chi connectivity index (χ3n) is 5.03. The number of piperazine rings is 1. The summed E-state index contributed by atoms with van der Waals surface area (Å²) in [7, 11) is 0. The molecule has 2 fully saturated rings. The van der Waals surface area contributed by atoms with Gasteiger partial charge in [0.1, 0.15) is 11.6 Å². The van der Waals surface area contributed by atoms with Crippen LogP contribution in [-0.4, -0.2) is 48.6 Å². The van der Waals surface area contributed by atoms with Crippen LogP contribution < -0.4 is 5.32 Å². The third kappa shape index (κ3) is 3.69. The van der Waals surface area contributed by atoms with E-state index in [2.05, 4.69) is 17.1 Å². The summed E-state index contributed by atoms with van der Waals surface area (Å²) in [6, 6.07) is 3.26. The number of urea groups is 1. The summed E-state index contributed by atoms with van der Waals surface area (Å²) in [6.07, 6.45) is 3.64. The number of carbonyl (C=O) groups excluding carboxylic acids is 1. The van der Waals surface area contributed by atoms with Crippen molar-refractivity contribution in [3.63, 3.8) is 0 Å². The van der Waals surface area contributed by atoms with Crippen LogP contribution in [0.1, 0.15) is 38.2 Å². The van der Waals surface area contributed by atoms with Crippen molar-refractivity contribution in [1.82, 2.24) is 15.1 Å². The summed E-state index contributed by atoms with van der Waals surface area (Å²) in [6.45, 7) is 6.34. The molecule has 1 N–H and O–H groups in total. The highest BCUT2D eigenvalue weighted by Crippen LogP contribution is 2.46. The van der Waals surface area contributed by atoms with Gasteiger partial charge in [0.05, 0.1) is 5.54 Å². The highest BCUT2D eigenvalue weighted by atomic mass is 19.1. The van der Waals surface area contributed by atoms with Crippen LogP contribution in [0.5, 0.6) is 0 Å². The van der Waals surface area contributed by atoms with Gasteiger partial charge in [-0.05, 0) is 44.0 Å². The number of carbonyl (C=O) groups is 1. The van der Waals surface area contributed by atoms with Gasteiger partial charge in [0, 0.05) is 31.7 Å². The minimum atomic E-state index is -0.734. The van der Waals surface area contributed by atoms with Crippen molar-refractivity contribution in [2.75, 3.05) is 32.7 Å². The molecule has 0 spiro atoms.